The zero-order valence-corrected chi connectivity index (χ0v) is 30.1. The molecule has 3 fully saturated rings. The minimum atomic E-state index is -0.553. The van der Waals surface area contributed by atoms with Gasteiger partial charge in [0.25, 0.3) is 0 Å². The third-order valence-corrected chi connectivity index (χ3v) is 8.79. The fraction of sp³-hybridized carbons (Fsp3) is 0.571. The van der Waals surface area contributed by atoms with Crippen LogP contribution in [0.2, 0.25) is 10.1 Å². The Labute approximate surface area is 294 Å². The Morgan fingerprint density at radius 2 is 0.879 bits per heavy atom. The maximum Gasteiger partial charge on any atom is 1.00 e. The molecule has 0 radical (unpaired) electrons. The fourth-order valence-electron chi connectivity index (χ4n) is 4.00. The van der Waals surface area contributed by atoms with E-state index < -0.39 is 8.80 Å². The van der Waals surface area contributed by atoms with Crippen molar-refractivity contribution in [2.45, 2.75) is 77.3 Å². The smallest absolute Gasteiger partial charge is 0.861 e. The molecule has 180 valence electrons. The van der Waals surface area contributed by atoms with Gasteiger partial charge in [-0.05, 0) is 25.7 Å². The second-order valence-corrected chi connectivity index (χ2v) is 14.4. The zero-order chi connectivity index (χ0) is 23.0. The SMILES string of the molecule is C1CCOC1.C1CCOC1.CC(C)(C)[Si-]([C-]1[CH-][CH-][CH-][CH-][CH-]1)C(C)(C)C.[K+].[K+].c1ccccc1. The second kappa shape index (κ2) is 22.6. The van der Waals surface area contributed by atoms with E-state index >= 15 is 0 Å². The maximum absolute atomic E-state index is 4.94. The van der Waals surface area contributed by atoms with E-state index in [0.717, 1.165) is 26.4 Å². The Bertz CT molecular complexity index is 449. The average Bonchev–Trinajstić information content (AvgIpc) is 3.47. The van der Waals surface area contributed by atoms with Gasteiger partial charge < -0.3 is 55.9 Å². The van der Waals surface area contributed by atoms with Gasteiger partial charge >= 0.3 is 103 Å². The summed E-state index contributed by atoms with van der Waals surface area (Å²) >= 11 is 0. The molecule has 5 heteroatoms. The molecule has 0 N–H and O–H groups in total. The van der Waals surface area contributed by atoms with E-state index in [1.807, 2.05) is 36.4 Å². The van der Waals surface area contributed by atoms with Crippen molar-refractivity contribution in [2.24, 2.45) is 0 Å². The third kappa shape index (κ3) is 20.3. The normalized spacial score (nSPS) is 18.3. The van der Waals surface area contributed by atoms with Crippen molar-refractivity contribution in [1.82, 2.24) is 0 Å². The van der Waals surface area contributed by atoms with Crippen LogP contribution in [0.5, 0.6) is 0 Å². The molecule has 0 bridgehead atoms. The molecule has 1 aromatic rings. The van der Waals surface area contributed by atoms with Gasteiger partial charge in [-0.25, -0.2) is 10.1 Å². The van der Waals surface area contributed by atoms with E-state index in [1.54, 1.807) is 5.54 Å². The first-order valence-corrected chi connectivity index (χ1v) is 13.3. The molecule has 33 heavy (non-hydrogen) atoms. The van der Waals surface area contributed by atoms with Crippen LogP contribution in [0, 0.1) is 37.6 Å². The van der Waals surface area contributed by atoms with E-state index in [0.29, 0.717) is 10.1 Å². The fourth-order valence-corrected chi connectivity index (χ4v) is 8.51. The molecule has 3 aliphatic rings. The van der Waals surface area contributed by atoms with Gasteiger partial charge in [-0.15, -0.1) is 0 Å². The summed E-state index contributed by atoms with van der Waals surface area (Å²) < 4.78 is 9.89. The van der Waals surface area contributed by atoms with Crippen molar-refractivity contribution >= 4 is 8.80 Å². The van der Waals surface area contributed by atoms with Crippen LogP contribution < -0.4 is 103 Å². The zero-order valence-electron chi connectivity index (χ0n) is 22.8. The van der Waals surface area contributed by atoms with Crippen LogP contribution in [0.4, 0.5) is 0 Å². The summed E-state index contributed by atoms with van der Waals surface area (Å²) in [4.78, 5) is 0. The first-order valence-electron chi connectivity index (χ1n) is 11.8. The van der Waals surface area contributed by atoms with Crippen molar-refractivity contribution in [3.8, 4) is 0 Å². The largest absolute Gasteiger partial charge is 1.00 e. The van der Waals surface area contributed by atoms with E-state index in [-0.39, 0.29) is 103 Å². The van der Waals surface area contributed by atoms with Gasteiger partial charge in [0.2, 0.25) is 0 Å². The van der Waals surface area contributed by atoms with Crippen molar-refractivity contribution < 1.29 is 112 Å². The summed E-state index contributed by atoms with van der Waals surface area (Å²) in [5, 5.41) is 0.814. The van der Waals surface area contributed by atoms with Crippen LogP contribution >= 0.6 is 0 Å². The molecule has 1 aliphatic carbocycles. The Balaban J connectivity index is 0. The third-order valence-electron chi connectivity index (χ3n) is 4.88. The minimum absolute atomic E-state index is 0. The maximum atomic E-state index is 4.94. The first kappa shape index (κ1) is 37.8. The van der Waals surface area contributed by atoms with Crippen LogP contribution in [0.3, 0.4) is 0 Å². The van der Waals surface area contributed by atoms with Crippen LogP contribution in [-0.4, -0.2) is 35.2 Å². The number of benzene rings is 1. The van der Waals surface area contributed by atoms with E-state index in [4.69, 9.17) is 9.47 Å². The summed E-state index contributed by atoms with van der Waals surface area (Å²) in [7, 11) is -0.553. The molecule has 0 spiro atoms. The Morgan fingerprint density at radius 1 is 0.576 bits per heavy atom. The summed E-state index contributed by atoms with van der Waals surface area (Å²) in [6.45, 7) is 18.2. The van der Waals surface area contributed by atoms with Gasteiger partial charge in [0.15, 0.2) is 0 Å². The van der Waals surface area contributed by atoms with Gasteiger partial charge in [0.05, 0.1) is 0 Å². The molecular formula is C28H45K2O2Si-5. The number of ether oxygens (including phenoxy) is 2. The van der Waals surface area contributed by atoms with Gasteiger partial charge in [-0.3, -0.25) is 0 Å². The predicted octanol–water partition coefficient (Wildman–Crippen LogP) is 1.52. The Hall–Kier alpha value is 2.63. The molecule has 2 aliphatic heterocycles. The summed E-state index contributed by atoms with van der Waals surface area (Å²) in [5.41, 5.74) is 1.56. The summed E-state index contributed by atoms with van der Waals surface area (Å²) in [6, 6.07) is 12.0. The average molecular weight is 520 g/mol. The topological polar surface area (TPSA) is 18.5 Å². The Morgan fingerprint density at radius 3 is 1.09 bits per heavy atom. The van der Waals surface area contributed by atoms with Crippen molar-refractivity contribution in [3.63, 3.8) is 0 Å². The van der Waals surface area contributed by atoms with Gasteiger partial charge in [0, 0.05) is 26.4 Å². The van der Waals surface area contributed by atoms with Gasteiger partial charge in [0.1, 0.15) is 0 Å². The predicted molar refractivity (Wildman–Crippen MR) is 136 cm³/mol. The van der Waals surface area contributed by atoms with E-state index in [9.17, 15) is 0 Å². The van der Waals surface area contributed by atoms with E-state index in [1.165, 1.54) is 25.7 Å². The summed E-state index contributed by atoms with van der Waals surface area (Å²) in [6.07, 6.45) is 16.1. The standard InChI is InChI=1S/C14H23Si.C6H6.2C4H8O.2K/c1-13(2,3)15(14(4,5)6)12-10-8-7-9-11-12;1-2-4-6-5-3-1;2*1-2-4-5-3-1;;/h7-11H,1-6H3;1-6H;2*1-4H2;;/q-7;;;;2*+1. The van der Waals surface area contributed by atoms with Crippen LogP contribution in [0.25, 0.3) is 0 Å². The summed E-state index contributed by atoms with van der Waals surface area (Å²) in [5.74, 6) is 0. The monoisotopic (exact) mass is 519 g/mol. The van der Waals surface area contributed by atoms with Crippen LogP contribution in [0.15, 0.2) is 36.4 Å². The number of hydrogen-bond donors (Lipinski definition) is 0. The van der Waals surface area contributed by atoms with Gasteiger partial charge in [-0.1, -0.05) is 77.9 Å². The molecule has 0 atom stereocenters. The molecule has 0 aromatic heterocycles. The molecule has 2 heterocycles. The number of rotatable bonds is 1. The molecule has 2 saturated heterocycles. The van der Waals surface area contributed by atoms with Crippen LogP contribution in [-0.2, 0) is 9.47 Å². The molecule has 0 amide bonds. The van der Waals surface area contributed by atoms with Crippen LogP contribution in [0.1, 0.15) is 67.2 Å². The molecule has 1 aromatic carbocycles. The first-order chi connectivity index (χ1) is 14.7. The minimum Gasteiger partial charge on any atom is -0.861 e. The van der Waals surface area contributed by atoms with Crippen molar-refractivity contribution in [3.05, 3.63) is 74.0 Å². The Kier molecular flexibility index (Phi) is 25.9. The molecule has 2 nitrogen and oxygen atoms in total. The molecule has 4 rings (SSSR count). The molecule has 0 unspecified atom stereocenters. The molecular weight excluding hydrogens is 475 g/mol. The second-order valence-electron chi connectivity index (χ2n) is 10.0. The van der Waals surface area contributed by atoms with Gasteiger partial charge in [-0.2, -0.15) is 0 Å². The van der Waals surface area contributed by atoms with Crippen molar-refractivity contribution in [1.29, 1.82) is 0 Å². The molecule has 1 saturated carbocycles. The van der Waals surface area contributed by atoms with E-state index in [2.05, 4.69) is 73.6 Å². The van der Waals surface area contributed by atoms with Crippen molar-refractivity contribution in [2.75, 3.05) is 26.4 Å². The number of hydrogen-bond acceptors (Lipinski definition) is 2. The quantitative estimate of drug-likeness (QED) is 0.414.